The number of ether oxygens (including phenoxy) is 1. The minimum Gasteiger partial charge on any atom is -0.507 e. The summed E-state index contributed by atoms with van der Waals surface area (Å²) in [7, 11) is 0. The van der Waals surface area contributed by atoms with E-state index >= 15 is 0 Å². The monoisotopic (exact) mass is 519 g/mol. The van der Waals surface area contributed by atoms with Gasteiger partial charge in [-0.25, -0.2) is 0 Å². The van der Waals surface area contributed by atoms with Crippen molar-refractivity contribution in [2.45, 2.75) is 65.2 Å². The first kappa shape index (κ1) is 32.4. The van der Waals surface area contributed by atoms with E-state index < -0.39 is 5.91 Å². The fourth-order valence-electron chi connectivity index (χ4n) is 3.41. The average molecular weight is 520 g/mol. The Morgan fingerprint density at radius 2 is 1.29 bits per heavy atom. The van der Waals surface area contributed by atoms with Crippen molar-refractivity contribution in [1.82, 2.24) is 5.32 Å². The molecule has 0 spiro atoms. The maximum Gasteiger partial charge on any atom is 0.309 e. The fraction of sp³-hybridized carbons (Fsp3) is 0.394. The highest BCUT2D eigenvalue weighted by molar-refractivity contribution is 5.96. The zero-order chi connectivity index (χ0) is 27.7. The number of carbonyl (C=O) groups is 2. The van der Waals surface area contributed by atoms with Crippen LogP contribution in [0, 0.1) is 5.92 Å². The van der Waals surface area contributed by atoms with Crippen LogP contribution < -0.4 is 5.32 Å². The molecule has 2 N–H and O–H groups in total. The Balaban J connectivity index is 2.13. The van der Waals surface area contributed by atoms with Crippen LogP contribution in [0.25, 0.3) is 0 Å². The van der Waals surface area contributed by atoms with Crippen molar-refractivity contribution in [2.24, 2.45) is 5.92 Å². The number of hydrogen-bond donors (Lipinski definition) is 2. The minimum absolute atomic E-state index is 0.0792. The molecule has 1 aromatic carbocycles. The van der Waals surface area contributed by atoms with Crippen LogP contribution >= 0.6 is 0 Å². The second kappa shape index (κ2) is 22.6. The number of benzene rings is 1. The van der Waals surface area contributed by atoms with Crippen LogP contribution in [0.15, 0.2) is 97.2 Å². The van der Waals surface area contributed by atoms with Gasteiger partial charge in [0.1, 0.15) is 12.4 Å². The van der Waals surface area contributed by atoms with E-state index in [1.807, 2.05) is 13.0 Å². The molecular weight excluding hydrogens is 474 g/mol. The van der Waals surface area contributed by atoms with Crippen LogP contribution in [0.5, 0.6) is 5.75 Å². The summed E-state index contributed by atoms with van der Waals surface area (Å²) in [6.45, 7) is 4.39. The van der Waals surface area contributed by atoms with Gasteiger partial charge in [-0.3, -0.25) is 9.59 Å². The molecule has 0 fully saturated rings. The molecule has 0 bridgehead atoms. The molecule has 5 heteroatoms. The molecule has 38 heavy (non-hydrogen) atoms. The van der Waals surface area contributed by atoms with Crippen molar-refractivity contribution in [1.29, 1.82) is 0 Å². The van der Waals surface area contributed by atoms with Crippen molar-refractivity contribution in [3.63, 3.8) is 0 Å². The fourth-order valence-corrected chi connectivity index (χ4v) is 3.41. The van der Waals surface area contributed by atoms with E-state index in [0.717, 1.165) is 38.5 Å². The number of aromatic hydroxyl groups is 1. The molecule has 0 saturated carbocycles. The number of phenols is 1. The number of carbonyl (C=O) groups excluding carboxylic acids is 2. The maximum absolute atomic E-state index is 12.3. The molecule has 0 saturated heterocycles. The largest absolute Gasteiger partial charge is 0.507 e. The zero-order valence-corrected chi connectivity index (χ0v) is 23.1. The lowest BCUT2D eigenvalue weighted by atomic mass is 10.0. The lowest BCUT2D eigenvalue weighted by molar-refractivity contribution is -0.148. The van der Waals surface area contributed by atoms with Crippen LogP contribution in [0.1, 0.15) is 75.6 Å². The van der Waals surface area contributed by atoms with Crippen molar-refractivity contribution in [2.75, 3.05) is 13.2 Å². The summed E-state index contributed by atoms with van der Waals surface area (Å²) in [5, 5.41) is 12.4. The number of nitrogens with one attached hydrogen (secondary N) is 1. The summed E-state index contributed by atoms with van der Waals surface area (Å²) in [6.07, 6.45) is 33.0. The molecule has 206 valence electrons. The van der Waals surface area contributed by atoms with E-state index in [-0.39, 0.29) is 36.4 Å². The van der Waals surface area contributed by atoms with E-state index in [0.29, 0.717) is 12.8 Å². The Kier molecular flexibility index (Phi) is 19.3. The van der Waals surface area contributed by atoms with Crippen molar-refractivity contribution < 1.29 is 19.4 Å². The third-order valence-corrected chi connectivity index (χ3v) is 5.62. The Bertz CT molecular complexity index is 969. The second-order valence-electron chi connectivity index (χ2n) is 8.70. The molecular formula is C33H45NO4. The SMILES string of the molecule is CC/C=C\C/C=C\C/C=C\C/C=C\C/C=C\C/C=C\CC(CC)C(=O)OCCNC(=O)c1ccccc1O. The molecule has 0 aliphatic heterocycles. The van der Waals surface area contributed by atoms with E-state index in [9.17, 15) is 14.7 Å². The topological polar surface area (TPSA) is 75.6 Å². The first-order chi connectivity index (χ1) is 18.6. The highest BCUT2D eigenvalue weighted by Gasteiger charge is 2.16. The molecule has 0 aliphatic carbocycles. The molecule has 0 aliphatic rings. The third-order valence-electron chi connectivity index (χ3n) is 5.62. The zero-order valence-electron chi connectivity index (χ0n) is 23.1. The Hall–Kier alpha value is -3.60. The molecule has 1 unspecified atom stereocenters. The molecule has 1 rings (SSSR count). The van der Waals surface area contributed by atoms with E-state index in [1.165, 1.54) is 12.1 Å². The van der Waals surface area contributed by atoms with E-state index in [4.69, 9.17) is 4.74 Å². The quantitative estimate of drug-likeness (QED) is 0.111. The van der Waals surface area contributed by atoms with Crippen LogP contribution in [0.2, 0.25) is 0 Å². The van der Waals surface area contributed by atoms with Crippen molar-refractivity contribution in [3.8, 4) is 5.75 Å². The highest BCUT2D eigenvalue weighted by Crippen LogP contribution is 2.15. The van der Waals surface area contributed by atoms with Crippen LogP contribution in [-0.2, 0) is 9.53 Å². The van der Waals surface area contributed by atoms with Gasteiger partial charge >= 0.3 is 5.97 Å². The molecule has 0 radical (unpaired) electrons. The van der Waals surface area contributed by atoms with Gasteiger partial charge in [-0.2, -0.15) is 0 Å². The van der Waals surface area contributed by atoms with Gasteiger partial charge in [0.2, 0.25) is 0 Å². The number of para-hydroxylation sites is 1. The molecule has 1 aromatic rings. The summed E-state index contributed by atoms with van der Waals surface area (Å²) in [5.74, 6) is -0.939. The predicted molar refractivity (Wildman–Crippen MR) is 158 cm³/mol. The maximum atomic E-state index is 12.3. The summed E-state index contributed by atoms with van der Waals surface area (Å²) in [4.78, 5) is 24.4. The first-order valence-electron chi connectivity index (χ1n) is 13.7. The molecule has 1 amide bonds. The average Bonchev–Trinajstić information content (AvgIpc) is 2.92. The number of phenolic OH excluding ortho intramolecular Hbond substituents is 1. The molecule has 5 nitrogen and oxygen atoms in total. The Morgan fingerprint density at radius 3 is 1.79 bits per heavy atom. The van der Waals surface area contributed by atoms with Gasteiger partial charge in [-0.15, -0.1) is 0 Å². The second-order valence-corrected chi connectivity index (χ2v) is 8.70. The summed E-state index contributed by atoms with van der Waals surface area (Å²) >= 11 is 0. The Labute approximate surface area is 229 Å². The van der Waals surface area contributed by atoms with Gasteiger partial charge in [0, 0.05) is 0 Å². The summed E-state index contributed by atoms with van der Waals surface area (Å²) in [6, 6.07) is 6.32. The number of esters is 1. The van der Waals surface area contributed by atoms with E-state index in [2.05, 4.69) is 79.1 Å². The summed E-state index contributed by atoms with van der Waals surface area (Å²) in [5.41, 5.74) is 0.197. The van der Waals surface area contributed by atoms with Crippen LogP contribution in [0.3, 0.4) is 0 Å². The molecule has 0 aromatic heterocycles. The van der Waals surface area contributed by atoms with Gasteiger partial charge in [-0.05, 0) is 63.5 Å². The highest BCUT2D eigenvalue weighted by atomic mass is 16.5. The van der Waals surface area contributed by atoms with Gasteiger partial charge in [0.05, 0.1) is 18.0 Å². The van der Waals surface area contributed by atoms with Crippen LogP contribution in [-0.4, -0.2) is 30.1 Å². The standard InChI is InChI=1S/C33H45NO4/c1-3-5-6-7-8-9-10-11-12-13-14-15-16-17-18-19-20-21-24-29(4-2)33(37)38-28-27-34-32(36)30-25-22-23-26-31(30)35/h5-6,8-9,11-12,14-15,17-18,20-23,25-26,29,35H,3-4,7,10,13,16,19,24,27-28H2,1-2H3,(H,34,36)/b6-5-,9-8-,12-11-,15-14-,18-17-,21-20-. The third kappa shape index (κ3) is 16.2. The van der Waals surface area contributed by atoms with E-state index in [1.54, 1.807) is 12.1 Å². The normalized spacial score (nSPS) is 13.1. The number of allylic oxidation sites excluding steroid dienone is 12. The van der Waals surface area contributed by atoms with Crippen molar-refractivity contribution in [3.05, 3.63) is 103 Å². The number of amides is 1. The molecule has 1 atom stereocenters. The van der Waals surface area contributed by atoms with Gasteiger partial charge < -0.3 is 15.2 Å². The summed E-state index contributed by atoms with van der Waals surface area (Å²) < 4.78 is 5.32. The number of rotatable bonds is 19. The minimum atomic E-state index is -0.399. The van der Waals surface area contributed by atoms with Gasteiger partial charge in [-0.1, -0.05) is 98.9 Å². The first-order valence-corrected chi connectivity index (χ1v) is 13.7. The van der Waals surface area contributed by atoms with Gasteiger partial charge in [0.25, 0.3) is 5.91 Å². The Morgan fingerprint density at radius 1 is 0.789 bits per heavy atom. The predicted octanol–water partition coefficient (Wildman–Crippen LogP) is 7.78. The lowest BCUT2D eigenvalue weighted by Crippen LogP contribution is -2.29. The van der Waals surface area contributed by atoms with Crippen molar-refractivity contribution >= 4 is 11.9 Å². The number of hydrogen-bond acceptors (Lipinski definition) is 4. The lowest BCUT2D eigenvalue weighted by Gasteiger charge is -2.13. The van der Waals surface area contributed by atoms with Gasteiger partial charge in [0.15, 0.2) is 0 Å². The smallest absolute Gasteiger partial charge is 0.309 e. The van der Waals surface area contributed by atoms with Crippen LogP contribution in [0.4, 0.5) is 0 Å². The molecule has 0 heterocycles.